The average Bonchev–Trinajstić information content (AvgIpc) is 2.83. The Bertz CT molecular complexity index is 563. The molecule has 1 aromatic carbocycles. The summed E-state index contributed by atoms with van der Waals surface area (Å²) in [5, 5.41) is 10.5. The lowest BCUT2D eigenvalue weighted by molar-refractivity contribution is -0.120. The summed E-state index contributed by atoms with van der Waals surface area (Å²) in [6.07, 6.45) is 4.06. The minimum Gasteiger partial charge on any atom is -0.356 e. The first-order valence-electron chi connectivity index (χ1n) is 6.65. The molecule has 1 heterocycles. The van der Waals surface area contributed by atoms with E-state index in [1.165, 1.54) is 5.56 Å². The molecule has 0 unspecified atom stereocenters. The number of carbonyl (C=O) groups is 1. The number of benzene rings is 1. The first-order chi connectivity index (χ1) is 9.65. The summed E-state index contributed by atoms with van der Waals surface area (Å²) in [6.45, 7) is 2.68. The zero-order valence-corrected chi connectivity index (χ0v) is 12.2. The normalized spacial score (nSPS) is 10.5. The average molecular weight is 292 g/mol. The number of rotatable bonds is 6. The largest absolute Gasteiger partial charge is 0.356 e. The van der Waals surface area contributed by atoms with E-state index in [0.29, 0.717) is 18.0 Å². The Balaban J connectivity index is 1.68. The van der Waals surface area contributed by atoms with E-state index in [-0.39, 0.29) is 5.91 Å². The van der Waals surface area contributed by atoms with Gasteiger partial charge in [0.1, 0.15) is 0 Å². The molecular formula is C15H18ClN3O. The van der Waals surface area contributed by atoms with Crippen molar-refractivity contribution in [3.05, 3.63) is 52.3 Å². The smallest absolute Gasteiger partial charge is 0.224 e. The second-order valence-corrected chi connectivity index (χ2v) is 5.21. The van der Waals surface area contributed by atoms with Gasteiger partial charge in [-0.15, -0.1) is 0 Å². The summed E-state index contributed by atoms with van der Waals surface area (Å²) in [5.41, 5.74) is 3.27. The number of nitrogens with one attached hydrogen (secondary N) is 2. The maximum atomic E-state index is 11.8. The van der Waals surface area contributed by atoms with Gasteiger partial charge in [-0.3, -0.25) is 9.89 Å². The fourth-order valence-corrected chi connectivity index (χ4v) is 2.11. The minimum atomic E-state index is 0.0382. The molecule has 5 heteroatoms. The van der Waals surface area contributed by atoms with Gasteiger partial charge in [0.2, 0.25) is 5.91 Å². The molecule has 0 spiro atoms. The van der Waals surface area contributed by atoms with Crippen molar-refractivity contribution in [3.63, 3.8) is 0 Å². The summed E-state index contributed by atoms with van der Waals surface area (Å²) in [7, 11) is 0. The molecule has 2 rings (SSSR count). The second-order valence-electron chi connectivity index (χ2n) is 4.78. The van der Waals surface area contributed by atoms with Gasteiger partial charge in [-0.25, -0.2) is 0 Å². The molecule has 0 saturated carbocycles. The van der Waals surface area contributed by atoms with Crippen LogP contribution in [-0.2, 0) is 17.6 Å². The van der Waals surface area contributed by atoms with Crippen molar-refractivity contribution in [2.75, 3.05) is 6.54 Å². The Morgan fingerprint density at radius 1 is 1.35 bits per heavy atom. The third-order valence-corrected chi connectivity index (χ3v) is 3.41. The Kier molecular flexibility index (Phi) is 5.18. The monoisotopic (exact) mass is 291 g/mol. The molecule has 1 aromatic heterocycles. The lowest BCUT2D eigenvalue weighted by Gasteiger charge is -2.05. The molecule has 4 nitrogen and oxygen atoms in total. The first kappa shape index (κ1) is 14.6. The summed E-state index contributed by atoms with van der Waals surface area (Å²) in [6, 6.07) is 7.34. The van der Waals surface area contributed by atoms with Gasteiger partial charge >= 0.3 is 0 Å². The van der Waals surface area contributed by atoms with Crippen molar-refractivity contribution in [1.29, 1.82) is 0 Å². The summed E-state index contributed by atoms with van der Waals surface area (Å²) in [5.74, 6) is 0.0382. The van der Waals surface area contributed by atoms with Crippen LogP contribution in [0.3, 0.4) is 0 Å². The van der Waals surface area contributed by atoms with Gasteiger partial charge in [0.25, 0.3) is 0 Å². The highest BCUT2D eigenvalue weighted by Crippen LogP contribution is 2.10. The highest BCUT2D eigenvalue weighted by atomic mass is 35.5. The Labute approximate surface area is 123 Å². The topological polar surface area (TPSA) is 57.8 Å². The van der Waals surface area contributed by atoms with E-state index in [4.69, 9.17) is 11.6 Å². The number of aryl methyl sites for hydroxylation is 2. The highest BCUT2D eigenvalue weighted by Gasteiger charge is 2.04. The highest BCUT2D eigenvalue weighted by molar-refractivity contribution is 6.30. The zero-order valence-electron chi connectivity index (χ0n) is 11.4. The fourth-order valence-electron chi connectivity index (χ4n) is 1.98. The molecule has 0 bridgehead atoms. The van der Waals surface area contributed by atoms with Gasteiger partial charge in [-0.1, -0.05) is 23.7 Å². The predicted molar refractivity (Wildman–Crippen MR) is 79.8 cm³/mol. The lowest BCUT2D eigenvalue weighted by Crippen LogP contribution is -2.26. The number of aromatic nitrogens is 2. The molecule has 0 aliphatic rings. The number of hydrogen-bond acceptors (Lipinski definition) is 2. The number of amides is 1. The second kappa shape index (κ2) is 7.10. The van der Waals surface area contributed by atoms with E-state index in [2.05, 4.69) is 15.5 Å². The lowest BCUT2D eigenvalue weighted by atomic mass is 10.1. The van der Waals surface area contributed by atoms with E-state index in [1.54, 1.807) is 12.1 Å². The minimum absolute atomic E-state index is 0.0382. The van der Waals surface area contributed by atoms with Gasteiger partial charge in [-0.2, -0.15) is 5.10 Å². The molecule has 0 radical (unpaired) electrons. The molecule has 20 heavy (non-hydrogen) atoms. The van der Waals surface area contributed by atoms with Crippen LogP contribution in [0.15, 0.2) is 30.5 Å². The van der Waals surface area contributed by atoms with Crippen molar-refractivity contribution in [2.24, 2.45) is 0 Å². The van der Waals surface area contributed by atoms with Crippen LogP contribution < -0.4 is 5.32 Å². The standard InChI is InChI=1S/C15H18ClN3O/c1-11-13(10-18-19-11)3-2-8-17-15(20)9-12-4-6-14(16)7-5-12/h4-7,10H,2-3,8-9H2,1H3,(H,17,20)(H,18,19). The molecule has 0 aliphatic carbocycles. The summed E-state index contributed by atoms with van der Waals surface area (Å²) >= 11 is 5.80. The van der Waals surface area contributed by atoms with E-state index < -0.39 is 0 Å². The first-order valence-corrected chi connectivity index (χ1v) is 7.03. The third kappa shape index (κ3) is 4.38. The summed E-state index contributed by atoms with van der Waals surface area (Å²) in [4.78, 5) is 11.8. The SMILES string of the molecule is Cc1[nH]ncc1CCCNC(=O)Cc1ccc(Cl)cc1. The van der Waals surface area contributed by atoms with E-state index in [1.807, 2.05) is 25.3 Å². The number of H-pyrrole nitrogens is 1. The molecular weight excluding hydrogens is 274 g/mol. The van der Waals surface area contributed by atoms with Gasteiger partial charge in [0, 0.05) is 17.3 Å². The number of nitrogens with zero attached hydrogens (tertiary/aromatic N) is 1. The zero-order chi connectivity index (χ0) is 14.4. The quantitative estimate of drug-likeness (QED) is 0.804. The van der Waals surface area contributed by atoms with Crippen LogP contribution in [-0.4, -0.2) is 22.6 Å². The van der Waals surface area contributed by atoms with Gasteiger partial charge in [0.05, 0.1) is 12.6 Å². The van der Waals surface area contributed by atoms with Crippen LogP contribution in [0.2, 0.25) is 5.02 Å². The van der Waals surface area contributed by atoms with Crippen LogP contribution in [0.5, 0.6) is 0 Å². The molecule has 0 aliphatic heterocycles. The molecule has 0 atom stereocenters. The van der Waals surface area contributed by atoms with Crippen molar-refractivity contribution in [3.8, 4) is 0 Å². The van der Waals surface area contributed by atoms with Crippen LogP contribution >= 0.6 is 11.6 Å². The number of hydrogen-bond donors (Lipinski definition) is 2. The molecule has 2 aromatic rings. The van der Waals surface area contributed by atoms with Gasteiger partial charge < -0.3 is 5.32 Å². The molecule has 2 N–H and O–H groups in total. The maximum absolute atomic E-state index is 11.8. The summed E-state index contributed by atoms with van der Waals surface area (Å²) < 4.78 is 0. The van der Waals surface area contributed by atoms with Crippen molar-refractivity contribution in [1.82, 2.24) is 15.5 Å². The Hall–Kier alpha value is -1.81. The number of halogens is 1. The van der Waals surface area contributed by atoms with Crippen LogP contribution in [0, 0.1) is 6.92 Å². The van der Waals surface area contributed by atoms with Crippen molar-refractivity contribution in [2.45, 2.75) is 26.2 Å². The molecule has 0 fully saturated rings. The number of carbonyl (C=O) groups excluding carboxylic acids is 1. The Morgan fingerprint density at radius 3 is 2.75 bits per heavy atom. The molecule has 1 amide bonds. The van der Waals surface area contributed by atoms with Crippen LogP contribution in [0.1, 0.15) is 23.2 Å². The molecule has 106 valence electrons. The van der Waals surface area contributed by atoms with Gasteiger partial charge in [0.15, 0.2) is 0 Å². The predicted octanol–water partition coefficient (Wildman–Crippen LogP) is 2.66. The maximum Gasteiger partial charge on any atom is 0.224 e. The third-order valence-electron chi connectivity index (χ3n) is 3.16. The van der Waals surface area contributed by atoms with E-state index >= 15 is 0 Å². The van der Waals surface area contributed by atoms with Gasteiger partial charge in [-0.05, 0) is 43.0 Å². The molecule has 0 saturated heterocycles. The van der Waals surface area contributed by atoms with Crippen molar-refractivity contribution < 1.29 is 4.79 Å². The van der Waals surface area contributed by atoms with E-state index in [0.717, 1.165) is 24.1 Å². The van der Waals surface area contributed by atoms with Crippen molar-refractivity contribution >= 4 is 17.5 Å². The fraction of sp³-hybridized carbons (Fsp3) is 0.333. The number of aromatic amines is 1. The Morgan fingerprint density at radius 2 is 2.10 bits per heavy atom. The van der Waals surface area contributed by atoms with Crippen LogP contribution in [0.25, 0.3) is 0 Å². The van der Waals surface area contributed by atoms with Crippen LogP contribution in [0.4, 0.5) is 0 Å². The van der Waals surface area contributed by atoms with E-state index in [9.17, 15) is 4.79 Å².